The molecule has 0 atom stereocenters. The third-order valence-corrected chi connectivity index (χ3v) is 9.53. The number of rotatable bonds is 17. The fourth-order valence-corrected chi connectivity index (χ4v) is 6.43. The summed E-state index contributed by atoms with van der Waals surface area (Å²) in [5, 5.41) is 8.80. The van der Waals surface area contributed by atoms with E-state index in [4.69, 9.17) is 23.3 Å². The van der Waals surface area contributed by atoms with Gasteiger partial charge in [-0.3, -0.25) is 19.1 Å². The molecule has 3 N–H and O–H groups in total. The van der Waals surface area contributed by atoms with Crippen molar-refractivity contribution in [3.05, 3.63) is 78.5 Å². The molecule has 0 unspecified atom stereocenters. The van der Waals surface area contributed by atoms with Crippen molar-refractivity contribution in [2.24, 2.45) is 5.41 Å². The van der Waals surface area contributed by atoms with E-state index < -0.39 is 36.5 Å². The second kappa shape index (κ2) is 15.7. The van der Waals surface area contributed by atoms with E-state index in [1.54, 1.807) is 32.0 Å². The van der Waals surface area contributed by atoms with Gasteiger partial charge in [0, 0.05) is 41.6 Å². The van der Waals surface area contributed by atoms with Crippen LogP contribution in [0.4, 0.5) is 20.2 Å². The Hall–Kier alpha value is -4.62. The van der Waals surface area contributed by atoms with Crippen molar-refractivity contribution in [3.63, 3.8) is 0 Å². The molecule has 0 aliphatic heterocycles. The van der Waals surface area contributed by atoms with Gasteiger partial charge in [-0.25, -0.2) is 8.78 Å². The second-order valence-corrected chi connectivity index (χ2v) is 13.1. The van der Waals surface area contributed by atoms with E-state index in [0.29, 0.717) is 47.5 Å². The van der Waals surface area contributed by atoms with E-state index in [0.717, 1.165) is 6.07 Å². The van der Waals surface area contributed by atoms with Gasteiger partial charge in [0.2, 0.25) is 11.8 Å². The van der Waals surface area contributed by atoms with Crippen LogP contribution < -0.4 is 30.2 Å². The lowest BCUT2D eigenvalue weighted by Crippen LogP contribution is -2.35. The standard InChI is InChI=1S/C34H37F2N4O8P/c1-4-46-49(43,47-5-2)21-37-16-17-45-31-19-25-27(20-30(31)44-3)38-15-12-28(25)48-29-11-10-24(18-26(29)36)40-33(42)34(13-14-34)32(41)39-23-8-6-22(35)7-9-23/h6-12,15,18-20,37H,4-5,13-14,16-17,21H2,1-3H3,(H,39,41)(H,40,42). The van der Waals surface area contributed by atoms with Crippen molar-refractivity contribution in [1.82, 2.24) is 10.3 Å². The van der Waals surface area contributed by atoms with Crippen LogP contribution in [0.15, 0.2) is 66.9 Å². The van der Waals surface area contributed by atoms with Crippen molar-refractivity contribution in [2.75, 3.05) is 50.4 Å². The van der Waals surface area contributed by atoms with Crippen LogP contribution in [0.25, 0.3) is 10.9 Å². The van der Waals surface area contributed by atoms with Crippen LogP contribution in [-0.4, -0.2) is 56.6 Å². The minimum Gasteiger partial charge on any atom is -0.493 e. The fraction of sp³-hybridized carbons (Fsp3) is 0.324. The van der Waals surface area contributed by atoms with Gasteiger partial charge in [0.25, 0.3) is 0 Å². The average molecular weight is 699 g/mol. The zero-order valence-corrected chi connectivity index (χ0v) is 28.1. The Morgan fingerprint density at radius 1 is 0.857 bits per heavy atom. The molecule has 260 valence electrons. The lowest BCUT2D eigenvalue weighted by Gasteiger charge is -2.18. The van der Waals surface area contributed by atoms with Crippen molar-refractivity contribution < 1.29 is 46.2 Å². The summed E-state index contributed by atoms with van der Waals surface area (Å²) in [6, 6.07) is 14.1. The lowest BCUT2D eigenvalue weighted by atomic mass is 10.0. The average Bonchev–Trinajstić information content (AvgIpc) is 3.90. The Morgan fingerprint density at radius 2 is 1.53 bits per heavy atom. The first-order valence-corrected chi connectivity index (χ1v) is 17.4. The van der Waals surface area contributed by atoms with E-state index in [1.165, 1.54) is 49.7 Å². The number of nitrogens with one attached hydrogen (secondary N) is 3. The van der Waals surface area contributed by atoms with Gasteiger partial charge >= 0.3 is 7.60 Å². The molecule has 1 aromatic heterocycles. The Morgan fingerprint density at radius 3 is 2.16 bits per heavy atom. The predicted molar refractivity (Wildman–Crippen MR) is 179 cm³/mol. The van der Waals surface area contributed by atoms with Gasteiger partial charge < -0.3 is 39.2 Å². The quantitative estimate of drug-likeness (QED) is 0.0607. The zero-order valence-electron chi connectivity index (χ0n) is 27.2. The van der Waals surface area contributed by atoms with Crippen molar-refractivity contribution >= 4 is 41.7 Å². The predicted octanol–water partition coefficient (Wildman–Crippen LogP) is 6.86. The number of ether oxygens (including phenoxy) is 3. The summed E-state index contributed by atoms with van der Waals surface area (Å²) in [7, 11) is -1.76. The van der Waals surface area contributed by atoms with E-state index in [1.807, 2.05) is 0 Å². The van der Waals surface area contributed by atoms with E-state index in [-0.39, 0.29) is 43.3 Å². The summed E-state index contributed by atoms with van der Waals surface area (Å²) >= 11 is 0. The number of benzene rings is 3. The monoisotopic (exact) mass is 698 g/mol. The summed E-state index contributed by atoms with van der Waals surface area (Å²) < 4.78 is 69.1. The van der Waals surface area contributed by atoms with Gasteiger partial charge in [-0.05, 0) is 75.2 Å². The topological polar surface area (TPSA) is 146 Å². The van der Waals surface area contributed by atoms with Crippen LogP contribution in [0.1, 0.15) is 26.7 Å². The minimum atomic E-state index is -3.25. The highest BCUT2D eigenvalue weighted by Crippen LogP contribution is 2.48. The number of nitrogens with zero attached hydrogens (tertiary/aromatic N) is 1. The molecule has 1 fully saturated rings. The lowest BCUT2D eigenvalue weighted by molar-refractivity contribution is -0.131. The maximum atomic E-state index is 15.3. The number of methoxy groups -OCH3 is 1. The molecule has 0 bridgehead atoms. The number of hydrogen-bond acceptors (Lipinski definition) is 10. The molecule has 0 spiro atoms. The number of anilines is 2. The number of aromatic nitrogens is 1. The van der Waals surface area contributed by atoms with Crippen LogP contribution in [0.2, 0.25) is 0 Å². The maximum Gasteiger partial charge on any atom is 0.344 e. The van der Waals surface area contributed by atoms with Gasteiger partial charge in [0.1, 0.15) is 23.6 Å². The molecule has 0 saturated heterocycles. The van der Waals surface area contributed by atoms with Crippen LogP contribution in [0.5, 0.6) is 23.0 Å². The molecular formula is C34H37F2N4O8P. The first kappa shape index (κ1) is 35.7. The highest BCUT2D eigenvalue weighted by Gasteiger charge is 2.56. The number of amides is 2. The third-order valence-electron chi connectivity index (χ3n) is 7.61. The summed E-state index contributed by atoms with van der Waals surface area (Å²) in [6.45, 7) is 4.51. The van der Waals surface area contributed by atoms with Crippen LogP contribution in [-0.2, 0) is 23.2 Å². The molecule has 1 aliphatic carbocycles. The van der Waals surface area contributed by atoms with Crippen LogP contribution in [0, 0.1) is 17.0 Å². The third kappa shape index (κ3) is 8.70. The number of fused-ring (bicyclic) bond motifs is 1. The summed E-state index contributed by atoms with van der Waals surface area (Å²) in [6.07, 6.45) is 2.18. The maximum absolute atomic E-state index is 15.3. The van der Waals surface area contributed by atoms with Gasteiger partial charge in [-0.1, -0.05) is 0 Å². The summed E-state index contributed by atoms with van der Waals surface area (Å²) in [5.74, 6) is -1.33. The zero-order chi connectivity index (χ0) is 35.0. The molecule has 2 amide bonds. The molecule has 0 radical (unpaired) electrons. The van der Waals surface area contributed by atoms with E-state index >= 15 is 4.39 Å². The second-order valence-electron chi connectivity index (χ2n) is 11.0. The highest BCUT2D eigenvalue weighted by molar-refractivity contribution is 7.53. The number of halogens is 2. The van der Waals surface area contributed by atoms with Gasteiger partial charge in [0.05, 0.1) is 32.1 Å². The molecule has 3 aromatic carbocycles. The molecular weight excluding hydrogens is 661 g/mol. The Labute approximate surface area is 282 Å². The Bertz CT molecular complexity index is 1850. The Kier molecular flexibility index (Phi) is 11.5. The van der Waals surface area contributed by atoms with Crippen molar-refractivity contribution in [1.29, 1.82) is 0 Å². The number of hydrogen-bond donors (Lipinski definition) is 3. The number of pyridine rings is 1. The summed E-state index contributed by atoms with van der Waals surface area (Å²) in [5.41, 5.74) is -0.295. The largest absolute Gasteiger partial charge is 0.493 e. The Balaban J connectivity index is 1.24. The molecule has 5 rings (SSSR count). The first-order chi connectivity index (χ1) is 23.6. The minimum absolute atomic E-state index is 0.0244. The number of carbonyl (C=O) groups excluding carboxylic acids is 2. The highest BCUT2D eigenvalue weighted by atomic mass is 31.2. The smallest absolute Gasteiger partial charge is 0.344 e. The fourth-order valence-electron chi connectivity index (χ4n) is 4.96. The molecule has 1 aliphatic rings. The molecule has 1 heterocycles. The molecule has 15 heteroatoms. The van der Waals surface area contributed by atoms with E-state index in [2.05, 4.69) is 20.9 Å². The molecule has 1 saturated carbocycles. The normalized spacial score (nSPS) is 13.5. The molecule has 4 aromatic rings. The van der Waals surface area contributed by atoms with Gasteiger partial charge in [0.15, 0.2) is 23.1 Å². The van der Waals surface area contributed by atoms with Crippen molar-refractivity contribution in [2.45, 2.75) is 26.7 Å². The van der Waals surface area contributed by atoms with Crippen LogP contribution >= 0.6 is 7.60 Å². The van der Waals surface area contributed by atoms with Gasteiger partial charge in [-0.15, -0.1) is 0 Å². The first-order valence-electron chi connectivity index (χ1n) is 15.6. The molecule has 12 nitrogen and oxygen atoms in total. The van der Waals surface area contributed by atoms with Crippen molar-refractivity contribution in [3.8, 4) is 23.0 Å². The number of carbonyl (C=O) groups is 2. The molecule has 49 heavy (non-hydrogen) atoms. The van der Waals surface area contributed by atoms with Gasteiger partial charge in [-0.2, -0.15) is 0 Å². The van der Waals surface area contributed by atoms with E-state index in [9.17, 15) is 18.5 Å². The van der Waals surface area contributed by atoms with Crippen LogP contribution in [0.3, 0.4) is 0 Å². The SMILES string of the molecule is CCOP(=O)(CNCCOc1cc2c(Oc3ccc(NC(=O)C4(C(=O)Nc5ccc(F)cc5)CC4)cc3F)ccnc2cc1OC)OCC. The summed E-state index contributed by atoms with van der Waals surface area (Å²) in [4.78, 5) is 30.3.